The van der Waals surface area contributed by atoms with Crippen LogP contribution in [0.5, 0.6) is 11.5 Å². The van der Waals surface area contributed by atoms with Crippen LogP contribution in [-0.4, -0.2) is 26.9 Å². The van der Waals surface area contributed by atoms with Gasteiger partial charge in [-0.05, 0) is 17.7 Å². The van der Waals surface area contributed by atoms with Crippen LogP contribution in [0, 0.1) is 0 Å². The Hall–Kier alpha value is -2.27. The molecule has 5 heteroatoms. The van der Waals surface area contributed by atoms with Gasteiger partial charge < -0.3 is 19.5 Å². The largest absolute Gasteiger partial charge is 0.504 e. The van der Waals surface area contributed by atoms with E-state index in [0.29, 0.717) is 23.6 Å². The van der Waals surface area contributed by atoms with Crippen molar-refractivity contribution >= 4 is 6.20 Å². The van der Waals surface area contributed by atoms with Gasteiger partial charge in [0.05, 0.1) is 13.2 Å². The second-order valence-corrected chi connectivity index (χ2v) is 4.08. The average molecular weight is 260 g/mol. The van der Waals surface area contributed by atoms with Crippen LogP contribution >= 0.6 is 0 Å². The Kier molecular flexibility index (Phi) is 3.87. The van der Waals surface area contributed by atoms with Crippen LogP contribution < -0.4 is 4.74 Å². The molecule has 0 aliphatic carbocycles. The molecule has 0 aliphatic heterocycles. The minimum Gasteiger partial charge on any atom is -0.504 e. The summed E-state index contributed by atoms with van der Waals surface area (Å²) in [5, 5.41) is 19.9. The van der Waals surface area contributed by atoms with Crippen LogP contribution in [0.25, 0.3) is 6.20 Å². The topological polar surface area (TPSA) is 67.5 Å². The van der Waals surface area contributed by atoms with Gasteiger partial charge in [0.25, 0.3) is 0 Å². The first-order valence-corrected chi connectivity index (χ1v) is 5.85. The van der Waals surface area contributed by atoms with Crippen LogP contribution in [0.2, 0.25) is 0 Å². The molecule has 1 heterocycles. The number of phenols is 1. The van der Waals surface area contributed by atoms with Crippen LogP contribution in [0.1, 0.15) is 17.5 Å². The molecular weight excluding hydrogens is 244 g/mol. The summed E-state index contributed by atoms with van der Waals surface area (Å²) in [5.41, 5.74) is 0.608. The molecule has 100 valence electrons. The van der Waals surface area contributed by atoms with Gasteiger partial charge in [0.1, 0.15) is 5.82 Å². The lowest BCUT2D eigenvalue weighted by molar-refractivity contribution is 0.175. The number of hydrogen-bond acceptors (Lipinski definition) is 4. The van der Waals surface area contributed by atoms with E-state index in [0.717, 1.165) is 0 Å². The Balaban J connectivity index is 2.18. The normalized spacial score (nSPS) is 12.1. The summed E-state index contributed by atoms with van der Waals surface area (Å²) in [6.45, 7) is 3.67. The highest BCUT2D eigenvalue weighted by Crippen LogP contribution is 2.29. The molecule has 2 aromatic rings. The number of nitrogens with zero attached hydrogens (tertiary/aromatic N) is 2. The van der Waals surface area contributed by atoms with Gasteiger partial charge in [0.15, 0.2) is 11.5 Å². The lowest BCUT2D eigenvalue weighted by atomic mass is 10.1. The molecule has 0 bridgehead atoms. The van der Waals surface area contributed by atoms with Crippen molar-refractivity contribution in [3.8, 4) is 11.5 Å². The Morgan fingerprint density at radius 2 is 2.32 bits per heavy atom. The minimum atomic E-state index is -0.752. The van der Waals surface area contributed by atoms with Crippen molar-refractivity contribution in [1.82, 2.24) is 9.55 Å². The summed E-state index contributed by atoms with van der Waals surface area (Å²) in [7, 11) is 1.48. The summed E-state index contributed by atoms with van der Waals surface area (Å²) >= 11 is 0. The first-order valence-electron chi connectivity index (χ1n) is 5.85. The van der Waals surface area contributed by atoms with Crippen LogP contribution in [0.15, 0.2) is 37.2 Å². The van der Waals surface area contributed by atoms with Crippen LogP contribution in [0.4, 0.5) is 0 Å². The predicted octanol–water partition coefficient (Wildman–Crippen LogP) is 1.97. The molecule has 0 amide bonds. The Bertz CT molecular complexity index is 578. The van der Waals surface area contributed by atoms with Gasteiger partial charge in [-0.15, -0.1) is 0 Å². The number of imidazole rings is 1. The lowest BCUT2D eigenvalue weighted by Crippen LogP contribution is -2.06. The average Bonchev–Trinajstić information content (AvgIpc) is 2.85. The van der Waals surface area contributed by atoms with Crippen molar-refractivity contribution in [2.45, 2.75) is 12.5 Å². The first kappa shape index (κ1) is 13.2. The van der Waals surface area contributed by atoms with E-state index in [9.17, 15) is 10.2 Å². The maximum atomic E-state index is 10.2. The van der Waals surface area contributed by atoms with Crippen molar-refractivity contribution < 1.29 is 14.9 Å². The van der Waals surface area contributed by atoms with E-state index in [1.807, 2.05) is 0 Å². The van der Waals surface area contributed by atoms with Gasteiger partial charge in [-0.2, -0.15) is 0 Å². The number of phenolic OH excluding ortho intramolecular Hbond substituents is 1. The molecule has 0 radical (unpaired) electrons. The zero-order chi connectivity index (χ0) is 13.8. The zero-order valence-corrected chi connectivity index (χ0v) is 10.7. The third kappa shape index (κ3) is 2.77. The van der Waals surface area contributed by atoms with E-state index in [-0.39, 0.29) is 5.75 Å². The van der Waals surface area contributed by atoms with Crippen molar-refractivity contribution in [2.75, 3.05) is 7.11 Å². The molecule has 2 rings (SSSR count). The standard InChI is InChI=1S/C14H16N2O3/c1-3-16-7-6-15-14(16)9-11(17)10-4-5-13(19-2)12(18)8-10/h3-8,11,17-18H,1,9H2,2H3. The highest BCUT2D eigenvalue weighted by Gasteiger charge is 2.14. The number of rotatable bonds is 5. The maximum absolute atomic E-state index is 10.2. The van der Waals surface area contributed by atoms with E-state index in [4.69, 9.17) is 4.74 Å². The highest BCUT2D eigenvalue weighted by atomic mass is 16.5. The van der Waals surface area contributed by atoms with Gasteiger partial charge in [0, 0.05) is 25.0 Å². The number of ether oxygens (including phenoxy) is 1. The Morgan fingerprint density at radius 3 is 2.95 bits per heavy atom. The summed E-state index contributed by atoms with van der Waals surface area (Å²) in [5.74, 6) is 1.09. The number of aromatic nitrogens is 2. The summed E-state index contributed by atoms with van der Waals surface area (Å²) in [6.07, 6.45) is 4.62. The van der Waals surface area contributed by atoms with E-state index in [2.05, 4.69) is 11.6 Å². The maximum Gasteiger partial charge on any atom is 0.160 e. The Morgan fingerprint density at radius 1 is 1.53 bits per heavy atom. The van der Waals surface area contributed by atoms with E-state index in [1.54, 1.807) is 35.3 Å². The molecule has 0 spiro atoms. The fourth-order valence-electron chi connectivity index (χ4n) is 1.87. The monoisotopic (exact) mass is 260 g/mol. The minimum absolute atomic E-state index is 0.00566. The summed E-state index contributed by atoms with van der Waals surface area (Å²) < 4.78 is 6.70. The number of hydrogen-bond donors (Lipinski definition) is 2. The van der Waals surface area contributed by atoms with Gasteiger partial charge in [-0.25, -0.2) is 4.98 Å². The fourth-order valence-corrected chi connectivity index (χ4v) is 1.87. The van der Waals surface area contributed by atoms with Crippen LogP contribution in [-0.2, 0) is 6.42 Å². The second kappa shape index (κ2) is 5.58. The van der Waals surface area contributed by atoms with E-state index in [1.165, 1.54) is 13.2 Å². The summed E-state index contributed by atoms with van der Waals surface area (Å²) in [6, 6.07) is 4.82. The number of benzene rings is 1. The SMILES string of the molecule is C=Cn1ccnc1CC(O)c1ccc(OC)c(O)c1. The number of aliphatic hydroxyl groups is 1. The predicted molar refractivity (Wildman–Crippen MR) is 71.9 cm³/mol. The Labute approximate surface area is 111 Å². The number of methoxy groups -OCH3 is 1. The van der Waals surface area contributed by atoms with Crippen LogP contribution in [0.3, 0.4) is 0 Å². The third-order valence-electron chi connectivity index (χ3n) is 2.91. The quantitative estimate of drug-likeness (QED) is 0.862. The molecule has 19 heavy (non-hydrogen) atoms. The molecule has 0 fully saturated rings. The molecule has 0 saturated carbocycles. The zero-order valence-electron chi connectivity index (χ0n) is 10.7. The van der Waals surface area contributed by atoms with E-state index >= 15 is 0 Å². The van der Waals surface area contributed by atoms with Crippen molar-refractivity contribution in [3.63, 3.8) is 0 Å². The van der Waals surface area contributed by atoms with Gasteiger partial charge in [-0.1, -0.05) is 12.6 Å². The molecule has 1 aromatic heterocycles. The van der Waals surface area contributed by atoms with Crippen molar-refractivity contribution in [1.29, 1.82) is 0 Å². The van der Waals surface area contributed by atoms with Gasteiger partial charge in [-0.3, -0.25) is 0 Å². The molecule has 2 N–H and O–H groups in total. The lowest BCUT2D eigenvalue weighted by Gasteiger charge is -2.12. The molecule has 1 unspecified atom stereocenters. The van der Waals surface area contributed by atoms with Crippen molar-refractivity contribution in [3.05, 3.63) is 48.6 Å². The molecule has 0 aliphatic rings. The van der Waals surface area contributed by atoms with Crippen molar-refractivity contribution in [2.24, 2.45) is 0 Å². The molecule has 5 nitrogen and oxygen atoms in total. The molecular formula is C14H16N2O3. The molecule has 1 atom stereocenters. The smallest absolute Gasteiger partial charge is 0.160 e. The van der Waals surface area contributed by atoms with E-state index < -0.39 is 6.10 Å². The highest BCUT2D eigenvalue weighted by molar-refractivity contribution is 5.42. The van der Waals surface area contributed by atoms with Gasteiger partial charge in [0.2, 0.25) is 0 Å². The fraction of sp³-hybridized carbons (Fsp3) is 0.214. The number of aliphatic hydroxyl groups excluding tert-OH is 1. The second-order valence-electron chi connectivity index (χ2n) is 4.08. The third-order valence-corrected chi connectivity index (χ3v) is 2.91. The summed E-state index contributed by atoms with van der Waals surface area (Å²) in [4.78, 5) is 4.15. The van der Waals surface area contributed by atoms with Gasteiger partial charge >= 0.3 is 0 Å². The molecule has 0 saturated heterocycles. The molecule has 1 aromatic carbocycles. The number of aromatic hydroxyl groups is 1. The first-order chi connectivity index (χ1) is 9.15.